The van der Waals surface area contributed by atoms with Crippen molar-refractivity contribution in [3.63, 3.8) is 0 Å². The maximum Gasteiger partial charge on any atom is 0.472 e. The Balaban J connectivity index is 2.45. The minimum absolute atomic E-state index is 0.0624. The zero-order valence-electron chi connectivity index (χ0n) is 36.3. The van der Waals surface area contributed by atoms with E-state index >= 15 is 0 Å². The Morgan fingerprint density at radius 1 is 0.852 bits per heavy atom. The number of primary amides is 1. The molecule has 1 aliphatic rings. The number of rotatable bonds is 34. The molecule has 11 N–H and O–H groups in total. The van der Waals surface area contributed by atoms with Crippen LogP contribution in [0.2, 0.25) is 0 Å². The van der Waals surface area contributed by atoms with Crippen molar-refractivity contribution in [2.75, 3.05) is 33.0 Å². The molecule has 1 aliphatic heterocycles. The minimum Gasteiger partial charge on any atom is -0.480 e. The number of phosphoric acid groups is 1. The number of carboxylic acids is 1. The number of nitrogens with zero attached hydrogens (tertiary/aromatic N) is 1. The second-order valence-electron chi connectivity index (χ2n) is 15.4. The van der Waals surface area contributed by atoms with E-state index < -0.39 is 105 Å². The molecule has 9 atom stereocenters. The van der Waals surface area contributed by atoms with E-state index in [1.807, 2.05) is 0 Å². The monoisotopic (exact) mass is 896 g/mol. The van der Waals surface area contributed by atoms with E-state index in [1.54, 1.807) is 0 Å². The first-order valence-corrected chi connectivity index (χ1v) is 23.0. The first kappa shape index (κ1) is 55.7. The molecule has 354 valence electrons. The molecule has 0 aromatic carbocycles. The van der Waals surface area contributed by atoms with Crippen molar-refractivity contribution in [2.24, 2.45) is 11.5 Å². The zero-order chi connectivity index (χ0) is 46.0. The van der Waals surface area contributed by atoms with Gasteiger partial charge in [0.2, 0.25) is 29.5 Å². The third-order valence-electron chi connectivity index (χ3n) is 10.3. The molecule has 0 aliphatic carbocycles. The fraction of sp³-hybridized carbons (Fsp3) is 0.846. The Kier molecular flexibility index (Phi) is 28.1. The number of nitrogens with one attached hydrogen (secondary N) is 3. The van der Waals surface area contributed by atoms with Gasteiger partial charge in [0, 0.05) is 19.9 Å². The summed E-state index contributed by atoms with van der Waals surface area (Å²) in [4.78, 5) is 85.4. The first-order valence-electron chi connectivity index (χ1n) is 21.5. The molecular formula is C39H73N6O15P. The SMILES string of the molecule is CCCCCCCCCCCCCCCCOP(=O)(O)OCCNC(=O)[C@H](C)NC(=O)CC[C@@H](NC(=O)[C@H](C)N(C(C)=O)C1O[C@H](CO)[C@@H](O)[C@H](OCC(=O)O)[C@H]1N)C(N)=O. The van der Waals surface area contributed by atoms with Gasteiger partial charge in [-0.15, -0.1) is 0 Å². The van der Waals surface area contributed by atoms with Gasteiger partial charge in [-0.05, 0) is 26.7 Å². The normalized spacial score (nSPS) is 21.3. The molecule has 21 nitrogen and oxygen atoms in total. The van der Waals surface area contributed by atoms with Crippen molar-refractivity contribution in [2.45, 2.75) is 179 Å². The van der Waals surface area contributed by atoms with Crippen molar-refractivity contribution >= 4 is 43.3 Å². The minimum atomic E-state index is -4.32. The van der Waals surface area contributed by atoms with Gasteiger partial charge in [-0.1, -0.05) is 90.4 Å². The zero-order valence-corrected chi connectivity index (χ0v) is 37.2. The second-order valence-corrected chi connectivity index (χ2v) is 16.9. The number of ether oxygens (including phenoxy) is 2. The molecule has 1 heterocycles. The Bertz CT molecular complexity index is 1400. The number of amides is 5. The standard InChI is InChI=1S/C39H73N6O15P/c1-5-6-7-8-9-10-11-12-13-14-15-16-17-18-22-58-61(55,56)59-23-21-42-37(53)26(2)43-31(48)20-19-29(36(41)52)44-38(54)27(3)45(28(4)47)39-33(40)35(57-25-32(49)50)34(51)30(24-46)60-39/h26-27,29-30,33-35,39,46,51H,5-25,40H2,1-4H3,(H2,41,52)(H,42,53)(H,43,48)(H,44,54)(H,49,50)(H,55,56)/t26-,27-,29+,30+,33+,34+,35+,39?/m0/s1. The summed E-state index contributed by atoms with van der Waals surface area (Å²) in [5, 5.41) is 36.6. The van der Waals surface area contributed by atoms with Crippen LogP contribution in [0.5, 0.6) is 0 Å². The highest BCUT2D eigenvalue weighted by molar-refractivity contribution is 7.47. The average molecular weight is 897 g/mol. The molecule has 0 aromatic rings. The van der Waals surface area contributed by atoms with E-state index in [4.69, 9.17) is 35.1 Å². The van der Waals surface area contributed by atoms with Crippen LogP contribution in [0.15, 0.2) is 0 Å². The van der Waals surface area contributed by atoms with E-state index in [9.17, 15) is 48.4 Å². The molecule has 2 unspecified atom stereocenters. The molecular weight excluding hydrogens is 823 g/mol. The van der Waals surface area contributed by atoms with Gasteiger partial charge < -0.3 is 62.0 Å². The Hall–Kier alpha value is -3.27. The number of unbranched alkanes of at least 4 members (excludes halogenated alkanes) is 13. The number of carboxylic acid groups (broad SMARTS) is 1. The molecule has 0 bridgehead atoms. The van der Waals surface area contributed by atoms with Crippen molar-refractivity contribution in [1.29, 1.82) is 0 Å². The highest BCUT2D eigenvalue weighted by Gasteiger charge is 2.49. The molecule has 1 saturated heterocycles. The highest BCUT2D eigenvalue weighted by Crippen LogP contribution is 2.43. The molecule has 22 heteroatoms. The van der Waals surface area contributed by atoms with Gasteiger partial charge in [0.25, 0.3) is 0 Å². The first-order chi connectivity index (χ1) is 28.9. The van der Waals surface area contributed by atoms with Crippen LogP contribution in [-0.4, -0.2) is 142 Å². The quantitative estimate of drug-likeness (QED) is 0.0322. The van der Waals surface area contributed by atoms with Crippen LogP contribution in [0.4, 0.5) is 0 Å². The van der Waals surface area contributed by atoms with Crippen molar-refractivity contribution in [1.82, 2.24) is 20.9 Å². The number of phosphoric ester groups is 1. The van der Waals surface area contributed by atoms with Crippen molar-refractivity contribution in [3.8, 4) is 0 Å². The van der Waals surface area contributed by atoms with Crippen LogP contribution in [0.25, 0.3) is 0 Å². The molecule has 0 aromatic heterocycles. The number of hydrogen-bond acceptors (Lipinski definition) is 14. The van der Waals surface area contributed by atoms with Crippen molar-refractivity contribution < 1.29 is 72.1 Å². The number of carbonyl (C=O) groups is 6. The molecule has 5 amide bonds. The summed E-state index contributed by atoms with van der Waals surface area (Å²) >= 11 is 0. The van der Waals surface area contributed by atoms with Crippen LogP contribution in [0.1, 0.15) is 130 Å². The summed E-state index contributed by atoms with van der Waals surface area (Å²) in [5.74, 6) is -5.40. The molecule has 0 spiro atoms. The molecule has 0 radical (unpaired) electrons. The third-order valence-corrected chi connectivity index (χ3v) is 11.3. The second kappa shape index (κ2) is 30.7. The fourth-order valence-electron chi connectivity index (χ4n) is 6.76. The lowest BCUT2D eigenvalue weighted by Crippen LogP contribution is -2.69. The van der Waals surface area contributed by atoms with Gasteiger partial charge in [0.15, 0.2) is 6.23 Å². The average Bonchev–Trinajstić information content (AvgIpc) is 3.19. The summed E-state index contributed by atoms with van der Waals surface area (Å²) in [6.45, 7) is 3.88. The van der Waals surface area contributed by atoms with Gasteiger partial charge >= 0.3 is 13.8 Å². The smallest absolute Gasteiger partial charge is 0.472 e. The number of aliphatic carboxylic acids is 1. The molecule has 1 fully saturated rings. The maximum absolute atomic E-state index is 13.3. The largest absolute Gasteiger partial charge is 0.480 e. The summed E-state index contributed by atoms with van der Waals surface area (Å²) in [6.07, 6.45) is 9.95. The number of hydrogen-bond donors (Lipinski definition) is 9. The number of aliphatic hydroxyl groups excluding tert-OH is 2. The van der Waals surface area contributed by atoms with Crippen molar-refractivity contribution in [3.05, 3.63) is 0 Å². The van der Waals surface area contributed by atoms with Crippen LogP contribution in [-0.2, 0) is 51.9 Å². The summed E-state index contributed by atoms with van der Waals surface area (Å²) in [5.41, 5.74) is 11.7. The molecule has 61 heavy (non-hydrogen) atoms. The van der Waals surface area contributed by atoms with E-state index in [0.29, 0.717) is 6.42 Å². The van der Waals surface area contributed by atoms with E-state index in [-0.39, 0.29) is 32.6 Å². The van der Waals surface area contributed by atoms with Crippen LogP contribution in [0, 0.1) is 0 Å². The number of aliphatic hydroxyl groups is 2. The van der Waals surface area contributed by atoms with Gasteiger partial charge in [-0.2, -0.15) is 0 Å². The van der Waals surface area contributed by atoms with E-state index in [1.165, 1.54) is 78.1 Å². The lowest BCUT2D eigenvalue weighted by atomic mass is 9.95. The highest BCUT2D eigenvalue weighted by atomic mass is 31.2. The van der Waals surface area contributed by atoms with Crippen LogP contribution in [0.3, 0.4) is 0 Å². The van der Waals surface area contributed by atoms with E-state index in [0.717, 1.165) is 31.1 Å². The fourth-order valence-corrected chi connectivity index (χ4v) is 7.52. The van der Waals surface area contributed by atoms with Crippen LogP contribution >= 0.6 is 7.82 Å². The topological polar surface area (TPSA) is 329 Å². The predicted octanol–water partition coefficient (Wildman–Crippen LogP) is 1.08. The van der Waals surface area contributed by atoms with E-state index in [2.05, 4.69) is 22.9 Å². The van der Waals surface area contributed by atoms with Gasteiger partial charge in [-0.25, -0.2) is 9.36 Å². The van der Waals surface area contributed by atoms with Gasteiger partial charge in [0.1, 0.15) is 43.0 Å². The lowest BCUT2D eigenvalue weighted by molar-refractivity contribution is -0.239. The third kappa shape index (κ3) is 22.6. The Labute approximate surface area is 359 Å². The molecule has 1 rings (SSSR count). The summed E-state index contributed by atoms with van der Waals surface area (Å²) < 4.78 is 33.0. The lowest BCUT2D eigenvalue weighted by Gasteiger charge is -2.47. The van der Waals surface area contributed by atoms with Gasteiger partial charge in [0.05, 0.1) is 25.9 Å². The molecule has 0 saturated carbocycles. The Morgan fingerprint density at radius 2 is 1.39 bits per heavy atom. The predicted molar refractivity (Wildman–Crippen MR) is 222 cm³/mol. The summed E-state index contributed by atoms with van der Waals surface area (Å²) in [6, 6.07) is -5.29. The van der Waals surface area contributed by atoms with Crippen LogP contribution < -0.4 is 27.4 Å². The van der Waals surface area contributed by atoms with Gasteiger partial charge in [-0.3, -0.25) is 33.0 Å². The number of nitrogens with two attached hydrogens (primary N) is 2. The Morgan fingerprint density at radius 3 is 1.90 bits per heavy atom. The number of carbonyl (C=O) groups excluding carboxylic acids is 5. The summed E-state index contributed by atoms with van der Waals surface area (Å²) in [7, 11) is -4.32. The maximum atomic E-state index is 13.3.